The Balaban J connectivity index is 1.53. The molecule has 0 aliphatic carbocycles. The summed E-state index contributed by atoms with van der Waals surface area (Å²) < 4.78 is 30.0. The number of aryl methyl sites for hydroxylation is 1. The lowest BCUT2D eigenvalue weighted by Gasteiger charge is -2.30. The molecular weight excluding hydrogens is 310 g/mol. The first-order valence-electron chi connectivity index (χ1n) is 7.35. The monoisotopic (exact) mass is 328 g/mol. The van der Waals surface area contributed by atoms with Crippen molar-refractivity contribution in [3.8, 4) is 11.5 Å². The van der Waals surface area contributed by atoms with Gasteiger partial charge in [0, 0.05) is 11.8 Å². The molecule has 0 bridgehead atoms. The predicted molar refractivity (Wildman–Crippen MR) is 79.0 cm³/mol. The first kappa shape index (κ1) is 15.5. The largest absolute Gasteiger partial charge is 0.339 e. The summed E-state index contributed by atoms with van der Waals surface area (Å²) in [5.41, 5.74) is 0.740. The molecule has 1 fully saturated rings. The van der Waals surface area contributed by atoms with Crippen molar-refractivity contribution < 1.29 is 13.3 Å². The first-order valence-corrected chi connectivity index (χ1v) is 8.23. The van der Waals surface area contributed by atoms with Crippen LogP contribution in [0, 0.1) is 12.8 Å². The molecule has 0 amide bonds. The summed E-state index contributed by atoms with van der Waals surface area (Å²) in [4.78, 5) is 10.5. The van der Waals surface area contributed by atoms with Gasteiger partial charge in [0.2, 0.25) is 11.7 Å². The Morgan fingerprint density at radius 2 is 2.14 bits per heavy atom. The summed E-state index contributed by atoms with van der Waals surface area (Å²) in [6.45, 7) is 3.23. The number of halogens is 2. The molecule has 2 aromatic heterocycles. The SMILES string of the molecule is Cc1nc(-c2noc(CC3CCN(CC(F)F)CC3)n2)cs1. The van der Waals surface area contributed by atoms with E-state index in [1.807, 2.05) is 17.2 Å². The van der Waals surface area contributed by atoms with Gasteiger partial charge < -0.3 is 4.52 Å². The number of hydrogen-bond donors (Lipinski definition) is 0. The second-order valence-corrected chi connectivity index (χ2v) is 6.66. The van der Waals surface area contributed by atoms with Crippen LogP contribution in [-0.4, -0.2) is 46.1 Å². The zero-order valence-corrected chi connectivity index (χ0v) is 13.2. The lowest BCUT2D eigenvalue weighted by molar-refractivity contribution is 0.0681. The van der Waals surface area contributed by atoms with E-state index in [-0.39, 0.29) is 6.54 Å². The summed E-state index contributed by atoms with van der Waals surface area (Å²) >= 11 is 1.55. The minimum atomic E-state index is -2.25. The second-order valence-electron chi connectivity index (χ2n) is 5.60. The van der Waals surface area contributed by atoms with E-state index in [2.05, 4.69) is 15.1 Å². The first-order chi connectivity index (χ1) is 10.6. The lowest BCUT2D eigenvalue weighted by atomic mass is 9.93. The van der Waals surface area contributed by atoms with Crippen molar-refractivity contribution in [1.29, 1.82) is 0 Å². The van der Waals surface area contributed by atoms with Gasteiger partial charge in [-0.3, -0.25) is 4.90 Å². The van der Waals surface area contributed by atoms with E-state index in [0.717, 1.165) is 23.5 Å². The lowest BCUT2D eigenvalue weighted by Crippen LogP contribution is -2.37. The number of thiazole rings is 1. The fourth-order valence-electron chi connectivity index (χ4n) is 2.72. The molecule has 0 atom stereocenters. The maximum absolute atomic E-state index is 12.3. The third kappa shape index (κ3) is 3.86. The van der Waals surface area contributed by atoms with E-state index in [4.69, 9.17) is 4.52 Å². The van der Waals surface area contributed by atoms with Crippen molar-refractivity contribution in [2.24, 2.45) is 5.92 Å². The number of hydrogen-bond acceptors (Lipinski definition) is 6. The highest BCUT2D eigenvalue weighted by Crippen LogP contribution is 2.23. The molecule has 0 spiro atoms. The predicted octanol–water partition coefficient (Wildman–Crippen LogP) is 3.02. The molecule has 2 aromatic rings. The molecule has 8 heteroatoms. The third-order valence-corrected chi connectivity index (χ3v) is 4.66. The molecule has 120 valence electrons. The van der Waals surface area contributed by atoms with Crippen LogP contribution < -0.4 is 0 Å². The Labute approximate surface area is 131 Å². The highest BCUT2D eigenvalue weighted by atomic mass is 32.1. The van der Waals surface area contributed by atoms with E-state index in [9.17, 15) is 8.78 Å². The van der Waals surface area contributed by atoms with Crippen molar-refractivity contribution in [2.45, 2.75) is 32.6 Å². The molecule has 0 N–H and O–H groups in total. The third-order valence-electron chi connectivity index (χ3n) is 3.88. The summed E-state index contributed by atoms with van der Waals surface area (Å²) in [6.07, 6.45) is 0.232. The molecule has 3 heterocycles. The van der Waals surface area contributed by atoms with Crippen molar-refractivity contribution in [1.82, 2.24) is 20.0 Å². The van der Waals surface area contributed by atoms with Crippen molar-refractivity contribution in [3.63, 3.8) is 0 Å². The zero-order valence-electron chi connectivity index (χ0n) is 12.3. The molecular formula is C14H18F2N4OS. The molecule has 3 rings (SSSR count). The standard InChI is InChI=1S/C14H18F2N4OS/c1-9-17-11(8-22-9)14-18-13(21-19-14)6-10-2-4-20(5-3-10)7-12(15)16/h8,10,12H,2-7H2,1H3. The fourth-order valence-corrected chi connectivity index (χ4v) is 3.31. The van der Waals surface area contributed by atoms with Crippen LogP contribution in [0.2, 0.25) is 0 Å². The van der Waals surface area contributed by atoms with E-state index < -0.39 is 6.43 Å². The van der Waals surface area contributed by atoms with E-state index in [1.54, 1.807) is 11.3 Å². The van der Waals surface area contributed by atoms with Crippen molar-refractivity contribution in [2.75, 3.05) is 19.6 Å². The normalized spacial score (nSPS) is 17.5. The van der Waals surface area contributed by atoms with Crippen LogP contribution in [0.15, 0.2) is 9.90 Å². The number of rotatable bonds is 5. The number of aromatic nitrogens is 3. The van der Waals surface area contributed by atoms with Crippen LogP contribution in [0.25, 0.3) is 11.5 Å². The van der Waals surface area contributed by atoms with Crippen LogP contribution >= 0.6 is 11.3 Å². The van der Waals surface area contributed by atoms with Crippen LogP contribution in [0.5, 0.6) is 0 Å². The maximum atomic E-state index is 12.3. The van der Waals surface area contributed by atoms with E-state index in [0.29, 0.717) is 37.1 Å². The number of piperidine rings is 1. The summed E-state index contributed by atoms with van der Waals surface area (Å²) in [6, 6.07) is 0. The van der Waals surface area contributed by atoms with Gasteiger partial charge in [0.05, 0.1) is 11.6 Å². The number of nitrogens with zero attached hydrogens (tertiary/aromatic N) is 4. The smallest absolute Gasteiger partial charge is 0.251 e. The molecule has 0 unspecified atom stereocenters. The van der Waals surface area contributed by atoms with Gasteiger partial charge in [-0.1, -0.05) is 5.16 Å². The summed E-state index contributed by atoms with van der Waals surface area (Å²) in [5, 5.41) is 6.84. The Hall–Kier alpha value is -1.41. The van der Waals surface area contributed by atoms with Crippen LogP contribution in [-0.2, 0) is 6.42 Å². The van der Waals surface area contributed by atoms with Crippen LogP contribution in [0.3, 0.4) is 0 Å². The molecule has 1 saturated heterocycles. The molecule has 5 nitrogen and oxygen atoms in total. The fraction of sp³-hybridized carbons (Fsp3) is 0.643. The minimum Gasteiger partial charge on any atom is -0.339 e. The summed E-state index contributed by atoms with van der Waals surface area (Å²) in [7, 11) is 0. The van der Waals surface area contributed by atoms with Gasteiger partial charge in [-0.2, -0.15) is 4.98 Å². The maximum Gasteiger partial charge on any atom is 0.251 e. The average Bonchev–Trinajstić information content (AvgIpc) is 3.09. The quantitative estimate of drug-likeness (QED) is 0.844. The van der Waals surface area contributed by atoms with Crippen LogP contribution in [0.4, 0.5) is 8.78 Å². The zero-order chi connectivity index (χ0) is 15.5. The number of likely N-dealkylation sites (tertiary alicyclic amines) is 1. The molecule has 0 aromatic carbocycles. The van der Waals surface area contributed by atoms with E-state index >= 15 is 0 Å². The Kier molecular flexibility index (Phi) is 4.77. The molecule has 0 saturated carbocycles. The molecule has 1 aliphatic rings. The van der Waals surface area contributed by atoms with Gasteiger partial charge in [-0.05, 0) is 38.8 Å². The average molecular weight is 328 g/mol. The number of alkyl halides is 2. The highest BCUT2D eigenvalue weighted by molar-refractivity contribution is 7.09. The van der Waals surface area contributed by atoms with E-state index in [1.165, 1.54) is 0 Å². The van der Waals surface area contributed by atoms with Crippen molar-refractivity contribution in [3.05, 3.63) is 16.3 Å². The second kappa shape index (κ2) is 6.78. The van der Waals surface area contributed by atoms with Crippen molar-refractivity contribution >= 4 is 11.3 Å². The highest BCUT2D eigenvalue weighted by Gasteiger charge is 2.23. The van der Waals surface area contributed by atoms with Gasteiger partial charge >= 0.3 is 0 Å². The topological polar surface area (TPSA) is 55.1 Å². The van der Waals surface area contributed by atoms with Crippen LogP contribution in [0.1, 0.15) is 23.7 Å². The van der Waals surface area contributed by atoms with Gasteiger partial charge in [-0.25, -0.2) is 13.8 Å². The molecule has 22 heavy (non-hydrogen) atoms. The Morgan fingerprint density at radius 1 is 1.36 bits per heavy atom. The van der Waals surface area contributed by atoms with Gasteiger partial charge in [0.1, 0.15) is 5.69 Å². The Bertz CT molecular complexity index is 608. The summed E-state index contributed by atoms with van der Waals surface area (Å²) in [5.74, 6) is 1.54. The van der Waals surface area contributed by atoms with Gasteiger partial charge in [0.25, 0.3) is 6.43 Å². The Morgan fingerprint density at radius 3 is 2.77 bits per heavy atom. The van der Waals surface area contributed by atoms with Gasteiger partial charge in [-0.15, -0.1) is 11.3 Å². The van der Waals surface area contributed by atoms with Gasteiger partial charge in [0.15, 0.2) is 0 Å². The minimum absolute atomic E-state index is 0.124. The molecule has 0 radical (unpaired) electrons. The molecule has 1 aliphatic heterocycles.